The Bertz CT molecular complexity index is 450. The fourth-order valence-electron chi connectivity index (χ4n) is 2.25. The minimum absolute atomic E-state index is 0.238. The van der Waals surface area contributed by atoms with Crippen LogP contribution in [0.5, 0.6) is 0 Å². The van der Waals surface area contributed by atoms with E-state index in [0.29, 0.717) is 17.2 Å². The van der Waals surface area contributed by atoms with Crippen molar-refractivity contribution in [3.63, 3.8) is 0 Å². The molecule has 1 aliphatic heterocycles. The average Bonchev–Trinajstić information content (AvgIpc) is 2.78. The molecular formula is C12H16N2O3S. The average molecular weight is 268 g/mol. The third-order valence-corrected chi connectivity index (χ3v) is 4.35. The van der Waals surface area contributed by atoms with Gasteiger partial charge in [-0.05, 0) is 30.9 Å². The minimum Gasteiger partial charge on any atom is -0.477 e. The number of carboxylic acids is 1. The molecule has 2 heterocycles. The number of anilines is 1. The van der Waals surface area contributed by atoms with E-state index in [-0.39, 0.29) is 5.91 Å². The number of carboxylic acid groups (broad SMARTS) is 1. The Morgan fingerprint density at radius 2 is 2.06 bits per heavy atom. The monoisotopic (exact) mass is 268 g/mol. The summed E-state index contributed by atoms with van der Waals surface area (Å²) in [5, 5.41) is 9.87. The molecule has 3 N–H and O–H groups in total. The van der Waals surface area contributed by atoms with Crippen LogP contribution in [0.3, 0.4) is 0 Å². The van der Waals surface area contributed by atoms with Crippen LogP contribution in [0.25, 0.3) is 0 Å². The van der Waals surface area contributed by atoms with E-state index in [9.17, 15) is 9.59 Å². The lowest BCUT2D eigenvalue weighted by molar-refractivity contribution is -0.119. The standard InChI is InChI=1S/C12H16N2O3S/c13-10(15)7-8-3-5-14(6-4-8)11-2-1-9(18-11)12(16)17/h1-2,8H,3-7H2,(H2,13,15)(H,16,17). The SMILES string of the molecule is NC(=O)CC1CCN(c2ccc(C(=O)O)s2)CC1. The molecule has 0 bridgehead atoms. The molecule has 98 valence electrons. The van der Waals surface area contributed by atoms with Crippen LogP contribution in [0, 0.1) is 5.92 Å². The Morgan fingerprint density at radius 3 is 2.56 bits per heavy atom. The van der Waals surface area contributed by atoms with Crippen LogP contribution in [0.2, 0.25) is 0 Å². The molecule has 0 spiro atoms. The Labute approximate surface area is 109 Å². The molecule has 0 atom stereocenters. The molecule has 1 aromatic rings. The number of rotatable bonds is 4. The van der Waals surface area contributed by atoms with Crippen molar-refractivity contribution >= 4 is 28.2 Å². The first-order chi connectivity index (χ1) is 8.56. The lowest BCUT2D eigenvalue weighted by Gasteiger charge is -2.32. The van der Waals surface area contributed by atoms with Crippen molar-refractivity contribution in [2.45, 2.75) is 19.3 Å². The zero-order valence-electron chi connectivity index (χ0n) is 9.96. The second-order valence-electron chi connectivity index (χ2n) is 4.54. The molecule has 1 saturated heterocycles. The van der Waals surface area contributed by atoms with Gasteiger partial charge in [0.05, 0.1) is 5.00 Å². The number of hydrogen-bond donors (Lipinski definition) is 2. The predicted molar refractivity (Wildman–Crippen MR) is 70.0 cm³/mol. The number of thiophene rings is 1. The molecule has 1 amide bonds. The van der Waals surface area contributed by atoms with Gasteiger partial charge in [-0.25, -0.2) is 4.79 Å². The molecule has 6 heteroatoms. The first kappa shape index (κ1) is 12.9. The van der Waals surface area contributed by atoms with Gasteiger partial charge in [0.25, 0.3) is 0 Å². The van der Waals surface area contributed by atoms with Crippen LogP contribution in [0.15, 0.2) is 12.1 Å². The van der Waals surface area contributed by atoms with Gasteiger partial charge in [0.2, 0.25) is 5.91 Å². The van der Waals surface area contributed by atoms with Crippen molar-refractivity contribution in [3.05, 3.63) is 17.0 Å². The first-order valence-corrected chi connectivity index (χ1v) is 6.74. The summed E-state index contributed by atoms with van der Waals surface area (Å²) in [6, 6.07) is 3.49. The van der Waals surface area contributed by atoms with Crippen molar-refractivity contribution in [1.82, 2.24) is 0 Å². The number of primary amides is 1. The second kappa shape index (κ2) is 5.39. The van der Waals surface area contributed by atoms with Gasteiger partial charge in [0.1, 0.15) is 4.88 Å². The van der Waals surface area contributed by atoms with Crippen molar-refractivity contribution in [2.75, 3.05) is 18.0 Å². The third kappa shape index (κ3) is 3.01. The number of aromatic carboxylic acids is 1. The number of nitrogens with zero attached hydrogens (tertiary/aromatic N) is 1. The molecule has 1 aliphatic rings. The van der Waals surface area contributed by atoms with Gasteiger partial charge in [-0.15, -0.1) is 11.3 Å². The Hall–Kier alpha value is -1.56. The van der Waals surface area contributed by atoms with Crippen molar-refractivity contribution < 1.29 is 14.7 Å². The highest BCUT2D eigenvalue weighted by Gasteiger charge is 2.22. The van der Waals surface area contributed by atoms with Crippen molar-refractivity contribution in [3.8, 4) is 0 Å². The predicted octanol–water partition coefficient (Wildman–Crippen LogP) is 1.54. The maximum absolute atomic E-state index is 10.8. The summed E-state index contributed by atoms with van der Waals surface area (Å²) in [7, 11) is 0. The summed E-state index contributed by atoms with van der Waals surface area (Å²) < 4.78 is 0. The van der Waals surface area contributed by atoms with E-state index in [0.717, 1.165) is 30.9 Å². The summed E-state index contributed by atoms with van der Waals surface area (Å²) in [4.78, 5) is 24.2. The highest BCUT2D eigenvalue weighted by Crippen LogP contribution is 2.30. The lowest BCUT2D eigenvalue weighted by atomic mass is 9.93. The third-order valence-electron chi connectivity index (χ3n) is 3.22. The maximum Gasteiger partial charge on any atom is 0.345 e. The van der Waals surface area contributed by atoms with Crippen LogP contribution in [0.4, 0.5) is 5.00 Å². The van der Waals surface area contributed by atoms with Crippen LogP contribution in [-0.4, -0.2) is 30.1 Å². The number of carbonyl (C=O) groups excluding carboxylic acids is 1. The van der Waals surface area contributed by atoms with E-state index in [1.54, 1.807) is 6.07 Å². The van der Waals surface area contributed by atoms with Gasteiger partial charge < -0.3 is 15.7 Å². The van der Waals surface area contributed by atoms with Gasteiger partial charge in [-0.2, -0.15) is 0 Å². The Balaban J connectivity index is 1.92. The summed E-state index contributed by atoms with van der Waals surface area (Å²) in [5.74, 6) is -0.745. The van der Waals surface area contributed by atoms with Gasteiger partial charge >= 0.3 is 5.97 Å². The molecule has 18 heavy (non-hydrogen) atoms. The van der Waals surface area contributed by atoms with Crippen molar-refractivity contribution in [2.24, 2.45) is 11.7 Å². The van der Waals surface area contributed by atoms with E-state index >= 15 is 0 Å². The number of hydrogen-bond acceptors (Lipinski definition) is 4. The highest BCUT2D eigenvalue weighted by atomic mass is 32.1. The van der Waals surface area contributed by atoms with Crippen LogP contribution in [0.1, 0.15) is 28.9 Å². The summed E-state index contributed by atoms with van der Waals surface area (Å²) >= 11 is 1.30. The van der Waals surface area contributed by atoms with E-state index in [2.05, 4.69) is 4.90 Å². The van der Waals surface area contributed by atoms with E-state index in [1.165, 1.54) is 11.3 Å². The lowest BCUT2D eigenvalue weighted by Crippen LogP contribution is -2.34. The molecule has 1 aromatic heterocycles. The number of amides is 1. The molecule has 0 unspecified atom stereocenters. The van der Waals surface area contributed by atoms with Gasteiger partial charge in [0.15, 0.2) is 0 Å². The molecule has 1 fully saturated rings. The van der Waals surface area contributed by atoms with E-state index in [1.807, 2.05) is 6.07 Å². The smallest absolute Gasteiger partial charge is 0.345 e. The summed E-state index contributed by atoms with van der Waals surface area (Å²) in [6.45, 7) is 1.72. The first-order valence-electron chi connectivity index (χ1n) is 5.92. The minimum atomic E-state index is -0.880. The summed E-state index contributed by atoms with van der Waals surface area (Å²) in [5.41, 5.74) is 5.19. The molecule has 0 aliphatic carbocycles. The van der Waals surface area contributed by atoms with Gasteiger partial charge in [0, 0.05) is 19.5 Å². The maximum atomic E-state index is 10.8. The zero-order valence-corrected chi connectivity index (χ0v) is 10.8. The zero-order chi connectivity index (χ0) is 13.1. The van der Waals surface area contributed by atoms with Crippen molar-refractivity contribution in [1.29, 1.82) is 0 Å². The largest absolute Gasteiger partial charge is 0.477 e. The van der Waals surface area contributed by atoms with Gasteiger partial charge in [-0.1, -0.05) is 0 Å². The van der Waals surface area contributed by atoms with E-state index in [4.69, 9.17) is 10.8 Å². The molecular weight excluding hydrogens is 252 g/mol. The second-order valence-corrected chi connectivity index (χ2v) is 5.61. The molecule has 2 rings (SSSR count). The van der Waals surface area contributed by atoms with Gasteiger partial charge in [-0.3, -0.25) is 4.79 Å². The van der Waals surface area contributed by atoms with Crippen LogP contribution in [-0.2, 0) is 4.79 Å². The molecule has 0 radical (unpaired) electrons. The highest BCUT2D eigenvalue weighted by molar-refractivity contribution is 7.17. The number of piperidine rings is 1. The Kier molecular flexibility index (Phi) is 3.86. The molecule has 0 saturated carbocycles. The number of nitrogens with two attached hydrogens (primary N) is 1. The summed E-state index contributed by atoms with van der Waals surface area (Å²) in [6.07, 6.45) is 2.32. The Morgan fingerprint density at radius 1 is 1.39 bits per heavy atom. The fourth-order valence-corrected chi connectivity index (χ4v) is 3.15. The number of carbonyl (C=O) groups is 2. The normalized spacial score (nSPS) is 16.8. The van der Waals surface area contributed by atoms with E-state index < -0.39 is 5.97 Å². The topological polar surface area (TPSA) is 83.6 Å². The van der Waals surface area contributed by atoms with Crippen LogP contribution < -0.4 is 10.6 Å². The molecule has 5 nitrogen and oxygen atoms in total. The molecule has 0 aromatic carbocycles. The fraction of sp³-hybridized carbons (Fsp3) is 0.500. The van der Waals surface area contributed by atoms with Crippen LogP contribution >= 0.6 is 11.3 Å². The quantitative estimate of drug-likeness (QED) is 0.867.